The van der Waals surface area contributed by atoms with Gasteiger partial charge in [-0.2, -0.15) is 5.10 Å². The highest BCUT2D eigenvalue weighted by atomic mass is 15.1. The van der Waals surface area contributed by atoms with Gasteiger partial charge in [0.15, 0.2) is 0 Å². The number of aryl methyl sites for hydroxylation is 1. The van der Waals surface area contributed by atoms with Crippen molar-refractivity contribution in [2.24, 2.45) is 0 Å². The fraction of sp³-hybridized carbons (Fsp3) is 0.333. The summed E-state index contributed by atoms with van der Waals surface area (Å²) in [5.41, 5.74) is 4.60. The first-order valence-electron chi connectivity index (χ1n) is 5.41. The largest absolute Gasteiger partial charge is 0.319 e. The Morgan fingerprint density at radius 1 is 1.31 bits per heavy atom. The zero-order chi connectivity index (χ0) is 11.4. The molecule has 0 aliphatic heterocycles. The lowest BCUT2D eigenvalue weighted by molar-refractivity contribution is 0.773. The van der Waals surface area contributed by atoms with Gasteiger partial charge in [-0.05, 0) is 31.7 Å². The Morgan fingerprint density at radius 3 is 2.75 bits per heavy atom. The van der Waals surface area contributed by atoms with E-state index in [1.165, 1.54) is 11.1 Å². The van der Waals surface area contributed by atoms with Gasteiger partial charge in [-0.15, -0.1) is 0 Å². The summed E-state index contributed by atoms with van der Waals surface area (Å²) in [6.45, 7) is 2.98. The molecule has 0 radical (unpaired) electrons. The predicted octanol–water partition coefficient (Wildman–Crippen LogP) is 1.54. The standard InChI is InChI=1S/C12H16N4/c1-9-12(10-3-7-14-8-4-10)11(16-15-9)5-6-13-2/h3-4,7-8,13H,5-6H2,1-2H3,(H,15,16). The van der Waals surface area contributed by atoms with Crippen molar-refractivity contribution in [1.82, 2.24) is 20.5 Å². The van der Waals surface area contributed by atoms with Gasteiger partial charge in [0, 0.05) is 36.6 Å². The van der Waals surface area contributed by atoms with Crippen molar-refractivity contribution in [3.63, 3.8) is 0 Å². The molecule has 0 fully saturated rings. The molecule has 2 N–H and O–H groups in total. The number of H-pyrrole nitrogens is 1. The van der Waals surface area contributed by atoms with Gasteiger partial charge >= 0.3 is 0 Å². The normalized spacial score (nSPS) is 10.6. The molecule has 4 nitrogen and oxygen atoms in total. The van der Waals surface area contributed by atoms with Crippen LogP contribution in [0.25, 0.3) is 11.1 Å². The minimum absolute atomic E-state index is 0.929. The second-order valence-electron chi connectivity index (χ2n) is 3.76. The van der Waals surface area contributed by atoms with Gasteiger partial charge in [-0.3, -0.25) is 10.1 Å². The van der Waals surface area contributed by atoms with Crippen molar-refractivity contribution in [2.45, 2.75) is 13.3 Å². The number of pyridine rings is 1. The Hall–Kier alpha value is -1.68. The number of nitrogens with zero attached hydrogens (tertiary/aromatic N) is 2. The SMILES string of the molecule is CNCCc1n[nH]c(C)c1-c1ccncc1. The summed E-state index contributed by atoms with van der Waals surface area (Å²) in [5.74, 6) is 0. The Morgan fingerprint density at radius 2 is 2.06 bits per heavy atom. The Bertz CT molecular complexity index is 447. The number of hydrogen-bond donors (Lipinski definition) is 2. The van der Waals surface area contributed by atoms with E-state index in [0.29, 0.717) is 0 Å². The number of likely N-dealkylation sites (N-methyl/N-ethyl adjacent to an activating group) is 1. The highest BCUT2D eigenvalue weighted by Crippen LogP contribution is 2.25. The Labute approximate surface area is 95.1 Å². The van der Waals surface area contributed by atoms with Gasteiger partial charge in [-0.1, -0.05) is 0 Å². The van der Waals surface area contributed by atoms with Gasteiger partial charge in [0.2, 0.25) is 0 Å². The summed E-state index contributed by atoms with van der Waals surface area (Å²) in [6, 6.07) is 4.03. The lowest BCUT2D eigenvalue weighted by atomic mass is 10.0. The fourth-order valence-electron chi connectivity index (χ4n) is 1.81. The summed E-state index contributed by atoms with van der Waals surface area (Å²) >= 11 is 0. The maximum absolute atomic E-state index is 4.34. The molecule has 0 atom stereocenters. The van der Waals surface area contributed by atoms with E-state index in [1.807, 2.05) is 38.5 Å². The molecule has 4 heteroatoms. The van der Waals surface area contributed by atoms with Gasteiger partial charge in [-0.25, -0.2) is 0 Å². The van der Waals surface area contributed by atoms with Crippen LogP contribution in [-0.4, -0.2) is 28.8 Å². The molecule has 0 aliphatic carbocycles. The van der Waals surface area contributed by atoms with E-state index in [0.717, 1.165) is 24.4 Å². The monoisotopic (exact) mass is 216 g/mol. The highest BCUT2D eigenvalue weighted by Gasteiger charge is 2.11. The molecule has 0 unspecified atom stereocenters. The van der Waals surface area contributed by atoms with E-state index in [9.17, 15) is 0 Å². The summed E-state index contributed by atoms with van der Waals surface area (Å²) in [6.07, 6.45) is 4.55. The van der Waals surface area contributed by atoms with E-state index in [1.54, 1.807) is 0 Å². The third kappa shape index (κ3) is 2.12. The average molecular weight is 216 g/mol. The molecule has 0 aliphatic rings. The van der Waals surface area contributed by atoms with Crippen LogP contribution < -0.4 is 5.32 Å². The Kier molecular flexibility index (Phi) is 3.31. The van der Waals surface area contributed by atoms with Crippen LogP contribution in [-0.2, 0) is 6.42 Å². The van der Waals surface area contributed by atoms with Crippen molar-refractivity contribution in [1.29, 1.82) is 0 Å². The third-order valence-electron chi connectivity index (χ3n) is 2.60. The quantitative estimate of drug-likeness (QED) is 0.815. The Balaban J connectivity index is 2.35. The van der Waals surface area contributed by atoms with E-state index in [4.69, 9.17) is 0 Å². The minimum atomic E-state index is 0.929. The van der Waals surface area contributed by atoms with Crippen molar-refractivity contribution >= 4 is 0 Å². The number of aromatic nitrogens is 3. The molecular weight excluding hydrogens is 200 g/mol. The summed E-state index contributed by atoms with van der Waals surface area (Å²) in [7, 11) is 1.95. The van der Waals surface area contributed by atoms with Crippen molar-refractivity contribution in [3.8, 4) is 11.1 Å². The molecule has 0 saturated heterocycles. The molecule has 0 saturated carbocycles. The molecule has 0 bridgehead atoms. The molecule has 2 rings (SSSR count). The predicted molar refractivity (Wildman–Crippen MR) is 64.2 cm³/mol. The average Bonchev–Trinajstić information content (AvgIpc) is 2.69. The second kappa shape index (κ2) is 4.90. The van der Waals surface area contributed by atoms with Gasteiger partial charge < -0.3 is 5.32 Å². The smallest absolute Gasteiger partial charge is 0.0715 e. The van der Waals surface area contributed by atoms with Gasteiger partial charge in [0.05, 0.1) is 5.69 Å². The summed E-state index contributed by atoms with van der Waals surface area (Å²) in [4.78, 5) is 4.03. The zero-order valence-corrected chi connectivity index (χ0v) is 9.62. The zero-order valence-electron chi connectivity index (χ0n) is 9.62. The minimum Gasteiger partial charge on any atom is -0.319 e. The van der Waals surface area contributed by atoms with Gasteiger partial charge in [0.1, 0.15) is 0 Å². The van der Waals surface area contributed by atoms with E-state index >= 15 is 0 Å². The molecule has 2 aromatic heterocycles. The lowest BCUT2D eigenvalue weighted by Crippen LogP contribution is -2.11. The molecule has 0 aromatic carbocycles. The molecule has 2 aromatic rings. The highest BCUT2D eigenvalue weighted by molar-refractivity contribution is 5.67. The topological polar surface area (TPSA) is 53.6 Å². The molecule has 0 spiro atoms. The van der Waals surface area contributed by atoms with Crippen molar-refractivity contribution < 1.29 is 0 Å². The van der Waals surface area contributed by atoms with Crippen LogP contribution in [0.2, 0.25) is 0 Å². The van der Waals surface area contributed by atoms with Crippen LogP contribution in [0.4, 0.5) is 0 Å². The number of nitrogens with one attached hydrogen (secondary N) is 2. The summed E-state index contributed by atoms with van der Waals surface area (Å²) in [5, 5.41) is 10.5. The second-order valence-corrected chi connectivity index (χ2v) is 3.76. The molecule has 2 heterocycles. The number of rotatable bonds is 4. The van der Waals surface area contributed by atoms with Crippen LogP contribution in [0.15, 0.2) is 24.5 Å². The first-order valence-corrected chi connectivity index (χ1v) is 5.41. The van der Waals surface area contributed by atoms with E-state index in [2.05, 4.69) is 20.5 Å². The molecular formula is C12H16N4. The van der Waals surface area contributed by atoms with E-state index < -0.39 is 0 Å². The maximum Gasteiger partial charge on any atom is 0.0715 e. The van der Waals surface area contributed by atoms with Crippen molar-refractivity contribution in [2.75, 3.05) is 13.6 Å². The van der Waals surface area contributed by atoms with Crippen LogP contribution in [0.5, 0.6) is 0 Å². The van der Waals surface area contributed by atoms with Crippen LogP contribution in [0.1, 0.15) is 11.4 Å². The fourth-order valence-corrected chi connectivity index (χ4v) is 1.81. The molecule has 16 heavy (non-hydrogen) atoms. The number of hydrogen-bond acceptors (Lipinski definition) is 3. The first-order chi connectivity index (χ1) is 7.83. The van der Waals surface area contributed by atoms with E-state index in [-0.39, 0.29) is 0 Å². The molecule has 0 amide bonds. The van der Waals surface area contributed by atoms with Gasteiger partial charge in [0.25, 0.3) is 0 Å². The summed E-state index contributed by atoms with van der Waals surface area (Å²) < 4.78 is 0. The number of aromatic amines is 1. The van der Waals surface area contributed by atoms with Crippen molar-refractivity contribution in [3.05, 3.63) is 35.9 Å². The third-order valence-corrected chi connectivity index (χ3v) is 2.60. The van der Waals surface area contributed by atoms with Crippen LogP contribution in [0.3, 0.4) is 0 Å². The lowest BCUT2D eigenvalue weighted by Gasteiger charge is -2.03. The maximum atomic E-state index is 4.34. The van der Waals surface area contributed by atoms with Crippen LogP contribution >= 0.6 is 0 Å². The molecule has 84 valence electrons. The first kappa shape index (κ1) is 10.8. The van der Waals surface area contributed by atoms with Crippen LogP contribution in [0, 0.1) is 6.92 Å².